The summed E-state index contributed by atoms with van der Waals surface area (Å²) in [6.45, 7) is 2.26. The average molecular weight is 228 g/mol. The smallest absolute Gasteiger partial charge is 0.0482 e. The Morgan fingerprint density at radius 1 is 0.941 bits per heavy atom. The summed E-state index contributed by atoms with van der Waals surface area (Å²) >= 11 is 0. The molecule has 0 saturated heterocycles. The van der Waals surface area contributed by atoms with Gasteiger partial charge < -0.3 is 0 Å². The highest BCUT2D eigenvalue weighted by Gasteiger charge is 2.05. The lowest BCUT2D eigenvalue weighted by Crippen LogP contribution is -2.21. The first-order valence-electron chi connectivity index (χ1n) is 6.91. The van der Waals surface area contributed by atoms with Gasteiger partial charge in [0.25, 0.3) is 0 Å². The molecule has 0 fully saturated rings. The van der Waals surface area contributed by atoms with Crippen LogP contribution in [0.3, 0.4) is 0 Å². The lowest BCUT2D eigenvalue weighted by molar-refractivity contribution is 0.611. The monoisotopic (exact) mass is 228 g/mol. The molecule has 0 N–H and O–H groups in total. The molecule has 1 aromatic carbocycles. The third-order valence-corrected chi connectivity index (χ3v) is 3.40. The summed E-state index contributed by atoms with van der Waals surface area (Å²) in [5, 5.41) is 7.16. The normalized spacial score (nSPS) is 13.1. The van der Waals surface area contributed by atoms with Crippen molar-refractivity contribution in [1.29, 1.82) is 0 Å². The van der Waals surface area contributed by atoms with Crippen LogP contribution in [-0.4, -0.2) is 0 Å². The van der Waals surface area contributed by atoms with Crippen LogP contribution >= 0.6 is 0 Å². The summed E-state index contributed by atoms with van der Waals surface area (Å²) in [5.41, 5.74) is 1.29. The first kappa shape index (κ1) is 12.2. The fourth-order valence-electron chi connectivity index (χ4n) is 2.36. The molecule has 1 aliphatic heterocycles. The summed E-state index contributed by atoms with van der Waals surface area (Å²) in [7, 11) is 0. The fourth-order valence-corrected chi connectivity index (χ4v) is 2.36. The highest BCUT2D eigenvalue weighted by Crippen LogP contribution is 2.11. The van der Waals surface area contributed by atoms with Crippen LogP contribution in [0.1, 0.15) is 51.9 Å². The van der Waals surface area contributed by atoms with Crippen LogP contribution < -0.4 is 15.8 Å². The minimum absolute atomic E-state index is 1.14. The fraction of sp³-hybridized carbons (Fsp3) is 0.500. The Morgan fingerprint density at radius 2 is 1.71 bits per heavy atom. The van der Waals surface area contributed by atoms with Crippen molar-refractivity contribution in [3.8, 4) is 0 Å². The van der Waals surface area contributed by atoms with Gasteiger partial charge in [0.2, 0.25) is 0 Å². The summed E-state index contributed by atoms with van der Waals surface area (Å²) in [4.78, 5) is 0. The Kier molecular flexibility index (Phi) is 4.66. The van der Waals surface area contributed by atoms with E-state index in [0.29, 0.717) is 0 Å². The molecule has 0 atom stereocenters. The van der Waals surface area contributed by atoms with E-state index < -0.39 is 0 Å². The molecule has 0 aliphatic carbocycles. The number of benzene rings is 1. The molecule has 1 aliphatic rings. The van der Waals surface area contributed by atoms with E-state index in [9.17, 15) is 0 Å². The van der Waals surface area contributed by atoms with Crippen molar-refractivity contribution in [2.75, 3.05) is 0 Å². The maximum absolute atomic E-state index is 4.53. The zero-order valence-corrected chi connectivity index (χ0v) is 10.8. The maximum atomic E-state index is 4.53. The number of hydrogen-bond donors (Lipinski definition) is 0. The van der Waals surface area contributed by atoms with Crippen molar-refractivity contribution in [2.45, 2.75) is 51.9 Å². The predicted octanol–water partition coefficient (Wildman–Crippen LogP) is 2.90. The molecule has 1 radical (unpaired) electrons. The summed E-state index contributed by atoms with van der Waals surface area (Å²) in [6.07, 6.45) is 11.3. The molecule has 2 rings (SSSR count). The van der Waals surface area contributed by atoms with Crippen molar-refractivity contribution < 1.29 is 0 Å². The lowest BCUT2D eigenvalue weighted by atomic mass is 10.1. The zero-order chi connectivity index (χ0) is 11.9. The minimum Gasteiger partial charge on any atom is -0.260 e. The van der Waals surface area contributed by atoms with Gasteiger partial charge in [-0.3, -0.25) is 5.32 Å². The highest BCUT2D eigenvalue weighted by molar-refractivity contribution is 5.54. The van der Waals surface area contributed by atoms with Gasteiger partial charge in [-0.2, -0.15) is 0 Å². The molecule has 1 heterocycles. The van der Waals surface area contributed by atoms with Crippen LogP contribution in [0, 0.1) is 0 Å². The lowest BCUT2D eigenvalue weighted by Gasteiger charge is -2.02. The van der Waals surface area contributed by atoms with Crippen molar-refractivity contribution in [3.63, 3.8) is 0 Å². The first-order valence-corrected chi connectivity index (χ1v) is 6.91. The second-order valence-electron chi connectivity index (χ2n) is 4.81. The van der Waals surface area contributed by atoms with Gasteiger partial charge in [-0.05, 0) is 12.8 Å². The molecule has 0 aromatic heterocycles. The number of rotatable bonds is 7. The van der Waals surface area contributed by atoms with Crippen molar-refractivity contribution >= 4 is 11.9 Å². The summed E-state index contributed by atoms with van der Waals surface area (Å²) in [6, 6.07) is 8.52. The largest absolute Gasteiger partial charge is 0.260 e. The number of fused-ring (bicyclic) bond motifs is 1. The van der Waals surface area contributed by atoms with E-state index >= 15 is 0 Å². The molecule has 91 valence electrons. The van der Waals surface area contributed by atoms with Crippen molar-refractivity contribution in [2.24, 2.45) is 0 Å². The molecule has 0 saturated carbocycles. The van der Waals surface area contributed by atoms with Crippen LogP contribution in [0.25, 0.3) is 11.9 Å². The van der Waals surface area contributed by atoms with Crippen LogP contribution in [0.2, 0.25) is 0 Å². The van der Waals surface area contributed by atoms with E-state index in [2.05, 4.69) is 36.5 Å². The summed E-state index contributed by atoms with van der Waals surface area (Å²) < 4.78 is 0. The summed E-state index contributed by atoms with van der Waals surface area (Å²) in [5.74, 6) is 0. The van der Waals surface area contributed by atoms with Crippen molar-refractivity contribution in [1.82, 2.24) is 5.32 Å². The maximum Gasteiger partial charge on any atom is 0.0482 e. The van der Waals surface area contributed by atoms with E-state index in [1.54, 1.807) is 0 Å². The predicted molar refractivity (Wildman–Crippen MR) is 73.7 cm³/mol. The molecular weight excluding hydrogens is 206 g/mol. The van der Waals surface area contributed by atoms with Gasteiger partial charge in [0.15, 0.2) is 0 Å². The Morgan fingerprint density at radius 3 is 2.59 bits per heavy atom. The third kappa shape index (κ3) is 3.36. The van der Waals surface area contributed by atoms with Crippen LogP contribution in [0.5, 0.6) is 0 Å². The second-order valence-corrected chi connectivity index (χ2v) is 4.81. The van der Waals surface area contributed by atoms with E-state index in [0.717, 1.165) is 6.42 Å². The molecule has 1 heteroatoms. The Labute approximate surface area is 104 Å². The number of hydrogen-bond acceptors (Lipinski definition) is 0. The molecule has 1 aromatic rings. The molecule has 1 nitrogen and oxygen atoms in total. The van der Waals surface area contributed by atoms with Gasteiger partial charge in [-0.15, -0.1) is 0 Å². The van der Waals surface area contributed by atoms with E-state index in [1.165, 1.54) is 54.7 Å². The van der Waals surface area contributed by atoms with Gasteiger partial charge in [0.05, 0.1) is 0 Å². The minimum atomic E-state index is 1.14. The zero-order valence-electron chi connectivity index (χ0n) is 10.8. The molecule has 0 amide bonds. The molecule has 17 heavy (non-hydrogen) atoms. The standard InChI is InChI=1S/C16H22N/c1-2-3-4-5-6-7-12-16-15-11-9-8-10-14(15)13-17-16/h8-11,13H,2-7,12H2,1H3. The van der Waals surface area contributed by atoms with Crippen LogP contribution in [0.15, 0.2) is 24.3 Å². The Bertz CT molecular complexity index is 459. The van der Waals surface area contributed by atoms with Gasteiger partial charge in [0.1, 0.15) is 0 Å². The molecule has 0 spiro atoms. The first-order chi connectivity index (χ1) is 8.42. The third-order valence-electron chi connectivity index (χ3n) is 3.40. The van der Waals surface area contributed by atoms with Gasteiger partial charge in [-0.25, -0.2) is 0 Å². The number of unbranched alkanes of at least 4 members (excludes halogenated alkanes) is 5. The van der Waals surface area contributed by atoms with Crippen molar-refractivity contribution in [3.05, 3.63) is 34.7 Å². The van der Waals surface area contributed by atoms with E-state index in [4.69, 9.17) is 0 Å². The Hall–Kier alpha value is -1.24. The highest BCUT2D eigenvalue weighted by atomic mass is 14.9. The van der Waals surface area contributed by atoms with Gasteiger partial charge >= 0.3 is 0 Å². The van der Waals surface area contributed by atoms with Gasteiger partial charge in [0, 0.05) is 22.3 Å². The SMILES string of the molecule is CCCCCCCCC1=c2ccccc2=C[N]1. The Balaban J connectivity index is 1.80. The van der Waals surface area contributed by atoms with E-state index in [1.807, 2.05) is 6.20 Å². The quantitative estimate of drug-likeness (QED) is 0.637. The molecule has 0 unspecified atom stereocenters. The topological polar surface area (TPSA) is 14.1 Å². The van der Waals surface area contributed by atoms with E-state index in [-0.39, 0.29) is 0 Å². The second kappa shape index (κ2) is 6.48. The molecular formula is C16H22N. The average Bonchev–Trinajstić information content (AvgIpc) is 2.77. The van der Waals surface area contributed by atoms with Crippen LogP contribution in [0.4, 0.5) is 0 Å². The van der Waals surface area contributed by atoms with Crippen LogP contribution in [-0.2, 0) is 0 Å². The van der Waals surface area contributed by atoms with Gasteiger partial charge in [-0.1, -0.05) is 63.3 Å². The molecule has 0 bridgehead atoms. The number of nitrogens with zero attached hydrogens (tertiary/aromatic N) is 1.